The lowest BCUT2D eigenvalue weighted by Gasteiger charge is -2.29. The molecule has 2 saturated heterocycles. The van der Waals surface area contributed by atoms with Gasteiger partial charge >= 0.3 is 12.2 Å². The topological polar surface area (TPSA) is 119 Å². The monoisotopic (exact) mass is 523 g/mol. The number of amides is 4. The van der Waals surface area contributed by atoms with Crippen LogP contribution in [0.15, 0.2) is 47.8 Å². The van der Waals surface area contributed by atoms with E-state index in [0.717, 1.165) is 5.01 Å². The number of alkyl halides is 3. The van der Waals surface area contributed by atoms with E-state index < -0.39 is 52.3 Å². The fraction of sp³-hybridized carbons (Fsp3) is 0.286. The average molecular weight is 524 g/mol. The summed E-state index contributed by atoms with van der Waals surface area (Å²) in [6.45, 7) is 1.55. The zero-order chi connectivity index (χ0) is 26.0. The Morgan fingerprint density at radius 3 is 2.50 bits per heavy atom. The number of anilines is 2. The van der Waals surface area contributed by atoms with Crippen LogP contribution in [0.3, 0.4) is 0 Å². The number of para-hydroxylation sites is 1. The first kappa shape index (κ1) is 23.8. The third-order valence-electron chi connectivity index (χ3n) is 5.97. The molecule has 1 aromatic carbocycles. The van der Waals surface area contributed by atoms with Crippen LogP contribution in [0, 0.1) is 5.92 Å². The van der Waals surface area contributed by atoms with Crippen LogP contribution in [0.5, 0.6) is 0 Å². The first-order valence-electron chi connectivity index (χ1n) is 10.5. The Morgan fingerprint density at radius 1 is 1.17 bits per heavy atom. The molecule has 36 heavy (non-hydrogen) atoms. The molecule has 0 spiro atoms. The minimum absolute atomic E-state index is 0.0417. The van der Waals surface area contributed by atoms with Gasteiger partial charge in [-0.25, -0.2) is 14.8 Å². The van der Waals surface area contributed by atoms with Crippen molar-refractivity contribution in [3.63, 3.8) is 0 Å². The molecule has 3 aliphatic rings. The number of carbonyl (C=O) groups excluding carboxylic acids is 3. The number of aromatic nitrogens is 1. The van der Waals surface area contributed by atoms with E-state index in [-0.39, 0.29) is 11.5 Å². The number of carbonyl (C=O) groups is 3. The van der Waals surface area contributed by atoms with Gasteiger partial charge in [0.1, 0.15) is 11.6 Å². The molecular weight excluding hydrogens is 507 g/mol. The van der Waals surface area contributed by atoms with Crippen molar-refractivity contribution in [3.05, 3.63) is 53.2 Å². The third kappa shape index (κ3) is 3.60. The smallest absolute Gasteiger partial charge is 0.381 e. The number of hydrogen-bond acceptors (Lipinski definition) is 8. The largest absolute Gasteiger partial charge is 0.417 e. The van der Waals surface area contributed by atoms with E-state index in [1.165, 1.54) is 12.1 Å². The van der Waals surface area contributed by atoms with Crippen molar-refractivity contribution < 1.29 is 32.4 Å². The number of imide groups is 1. The Kier molecular flexibility index (Phi) is 5.33. The summed E-state index contributed by atoms with van der Waals surface area (Å²) in [5, 5.41) is 9.06. The van der Waals surface area contributed by atoms with Gasteiger partial charge < -0.3 is 10.2 Å². The predicted octanol–water partition coefficient (Wildman–Crippen LogP) is 2.30. The van der Waals surface area contributed by atoms with Crippen LogP contribution in [-0.2, 0) is 20.6 Å². The molecular formula is C21H17ClF3N7O4. The van der Waals surface area contributed by atoms with Crippen molar-refractivity contribution in [1.29, 1.82) is 0 Å². The molecule has 5 rings (SSSR count). The highest BCUT2D eigenvalue weighted by Gasteiger charge is 2.62. The molecule has 0 saturated carbocycles. The Labute approximate surface area is 206 Å². The van der Waals surface area contributed by atoms with Crippen molar-refractivity contribution >= 4 is 46.7 Å². The zero-order valence-corrected chi connectivity index (χ0v) is 19.3. The van der Waals surface area contributed by atoms with Crippen LogP contribution < -0.4 is 20.8 Å². The van der Waals surface area contributed by atoms with Crippen molar-refractivity contribution in [2.75, 3.05) is 17.1 Å². The second-order valence-electron chi connectivity index (χ2n) is 8.36. The lowest BCUT2D eigenvalue weighted by molar-refractivity contribution is -0.143. The summed E-state index contributed by atoms with van der Waals surface area (Å²) in [5.41, 5.74) is 1.04. The second-order valence-corrected chi connectivity index (χ2v) is 8.76. The van der Waals surface area contributed by atoms with Gasteiger partial charge in [-0.15, -0.1) is 0 Å². The first-order chi connectivity index (χ1) is 16.9. The van der Waals surface area contributed by atoms with Gasteiger partial charge in [-0.05, 0) is 25.1 Å². The van der Waals surface area contributed by atoms with Crippen molar-refractivity contribution in [2.45, 2.75) is 24.9 Å². The molecule has 4 heterocycles. The number of nitrogens with one attached hydrogen (secondary N) is 2. The van der Waals surface area contributed by atoms with Crippen molar-refractivity contribution in [2.24, 2.45) is 11.1 Å². The predicted molar refractivity (Wildman–Crippen MR) is 119 cm³/mol. The second kappa shape index (κ2) is 8.06. The Hall–Kier alpha value is -3.91. The van der Waals surface area contributed by atoms with E-state index in [4.69, 9.17) is 16.4 Å². The summed E-state index contributed by atoms with van der Waals surface area (Å²) in [7, 11) is 1.25. The highest BCUT2D eigenvalue weighted by atomic mass is 35.5. The summed E-state index contributed by atoms with van der Waals surface area (Å²) in [6.07, 6.45) is -5.47. The maximum atomic E-state index is 13.4. The van der Waals surface area contributed by atoms with Gasteiger partial charge in [0.05, 0.1) is 16.3 Å². The van der Waals surface area contributed by atoms with Gasteiger partial charge in [-0.1, -0.05) is 35.0 Å². The lowest BCUT2D eigenvalue weighted by atomic mass is 9.91. The molecule has 11 nitrogen and oxygen atoms in total. The van der Waals surface area contributed by atoms with Gasteiger partial charge in [-0.2, -0.15) is 23.6 Å². The fourth-order valence-electron chi connectivity index (χ4n) is 4.24. The number of nitrogens with zero attached hydrogens (tertiary/aromatic N) is 5. The molecule has 2 N–H and O–H groups in total. The number of oxime groups is 1. The molecule has 4 amide bonds. The quantitative estimate of drug-likeness (QED) is 0.590. The average Bonchev–Trinajstić information content (AvgIpc) is 3.47. The van der Waals surface area contributed by atoms with Crippen LogP contribution >= 0.6 is 11.6 Å². The maximum absolute atomic E-state index is 13.4. The zero-order valence-electron chi connectivity index (χ0n) is 18.6. The Balaban J connectivity index is 1.41. The number of benzene rings is 1. The summed E-state index contributed by atoms with van der Waals surface area (Å²) >= 11 is 6.00. The van der Waals surface area contributed by atoms with Gasteiger partial charge in [0, 0.05) is 13.2 Å². The molecule has 3 atom stereocenters. The number of hydrogen-bond donors (Lipinski definition) is 2. The molecule has 188 valence electrons. The van der Waals surface area contributed by atoms with E-state index in [9.17, 15) is 27.6 Å². The summed E-state index contributed by atoms with van der Waals surface area (Å²) in [6, 6.07) is 8.75. The maximum Gasteiger partial charge on any atom is 0.417 e. The molecule has 3 aliphatic heterocycles. The van der Waals surface area contributed by atoms with E-state index >= 15 is 0 Å². The normalized spacial score (nSPS) is 25.6. The summed E-state index contributed by atoms with van der Waals surface area (Å²) < 4.78 is 38.9. The van der Waals surface area contributed by atoms with E-state index in [1.807, 2.05) is 0 Å². The van der Waals surface area contributed by atoms with Crippen LogP contribution in [0.25, 0.3) is 0 Å². The van der Waals surface area contributed by atoms with Crippen LogP contribution in [0.1, 0.15) is 12.5 Å². The first-order valence-corrected chi connectivity index (χ1v) is 10.8. The van der Waals surface area contributed by atoms with Gasteiger partial charge in [0.15, 0.2) is 11.5 Å². The van der Waals surface area contributed by atoms with Crippen LogP contribution in [-0.4, -0.2) is 52.4 Å². The Bertz CT molecular complexity index is 1310. The highest BCUT2D eigenvalue weighted by Crippen LogP contribution is 2.38. The number of hydrazine groups is 2. The number of fused-ring (bicyclic) bond motifs is 1. The third-order valence-corrected chi connectivity index (χ3v) is 6.24. The van der Waals surface area contributed by atoms with Crippen LogP contribution in [0.4, 0.5) is 29.5 Å². The van der Waals surface area contributed by atoms with Gasteiger partial charge in [0.2, 0.25) is 6.10 Å². The summed E-state index contributed by atoms with van der Waals surface area (Å²) in [4.78, 5) is 48.1. The van der Waals surface area contributed by atoms with E-state index in [0.29, 0.717) is 23.0 Å². The number of urea groups is 1. The molecule has 0 radical (unpaired) electrons. The van der Waals surface area contributed by atoms with Crippen molar-refractivity contribution in [1.82, 2.24) is 20.7 Å². The minimum atomic E-state index is -4.68. The van der Waals surface area contributed by atoms with E-state index in [1.54, 1.807) is 37.3 Å². The number of rotatable bonds is 4. The fourth-order valence-corrected chi connectivity index (χ4v) is 4.53. The van der Waals surface area contributed by atoms with E-state index in [2.05, 4.69) is 20.9 Å². The molecule has 2 aromatic rings. The number of halogens is 4. The molecule has 0 unspecified atom stereocenters. The van der Waals surface area contributed by atoms with Gasteiger partial charge in [-0.3, -0.25) is 14.6 Å². The molecule has 1 aromatic heterocycles. The van der Waals surface area contributed by atoms with Gasteiger partial charge in [0.25, 0.3) is 11.8 Å². The molecule has 0 bridgehead atoms. The van der Waals surface area contributed by atoms with Crippen LogP contribution in [0.2, 0.25) is 5.02 Å². The molecule has 2 fully saturated rings. The molecule has 15 heteroatoms. The van der Waals surface area contributed by atoms with Crippen molar-refractivity contribution in [3.8, 4) is 0 Å². The standard InChI is InChI=1S/C21H17ClF3N7O4/c1-20(27-19(35)31(29-20)11-6-4-3-5-7-11)15-13-14(36-28-15)18(34)32(17(13)33)30(2)16-12(22)8-10(9-26-16)21(23,24)25/h3-9,13-14,29H,1-2H3,(H,27,35)/t13-,14-,20-/m0/s1. The lowest BCUT2D eigenvalue weighted by Crippen LogP contribution is -2.58. The minimum Gasteiger partial charge on any atom is -0.381 e. The SMILES string of the molecule is CN(c1ncc(C(F)(F)F)cc1Cl)N1C(=O)[C@@H]2C([C@@]3(C)NC(=O)N(c4ccccc4)N3)=NO[C@@H]2C1=O. The number of pyridine rings is 1. The highest BCUT2D eigenvalue weighted by molar-refractivity contribution is 6.33. The Morgan fingerprint density at radius 2 is 1.86 bits per heavy atom. The summed E-state index contributed by atoms with van der Waals surface area (Å²) in [5.74, 6) is -3.07. The molecule has 0 aliphatic carbocycles.